The van der Waals surface area contributed by atoms with Crippen molar-refractivity contribution in [2.75, 3.05) is 11.9 Å². The van der Waals surface area contributed by atoms with Crippen molar-refractivity contribution in [1.29, 1.82) is 0 Å². The molecule has 0 unspecified atom stereocenters. The molecule has 0 bridgehead atoms. The average Bonchev–Trinajstić information content (AvgIpc) is 2.50. The largest absolute Gasteiger partial charge is 0.347 e. The molecule has 0 aliphatic carbocycles. The molecular weight excluding hydrogens is 380 g/mol. The zero-order valence-electron chi connectivity index (χ0n) is 12.5. The molecule has 0 aromatic heterocycles. The maximum absolute atomic E-state index is 11.9. The van der Waals surface area contributed by atoms with Gasteiger partial charge in [-0.2, -0.15) is 0 Å². The Labute approximate surface area is 148 Å². The van der Waals surface area contributed by atoms with Gasteiger partial charge in [0, 0.05) is 15.2 Å². The van der Waals surface area contributed by atoms with Gasteiger partial charge in [-0.15, -0.1) is 0 Å². The predicted molar refractivity (Wildman–Crippen MR) is 95.7 cm³/mol. The number of anilines is 1. The molecule has 2 N–H and O–H groups in total. The summed E-state index contributed by atoms with van der Waals surface area (Å²) in [6.07, 6.45) is 0.225. The number of hydrogen-bond donors (Lipinski definition) is 2. The van der Waals surface area contributed by atoms with Gasteiger partial charge in [-0.05, 0) is 42.3 Å². The maximum Gasteiger partial charge on any atom is 0.243 e. The van der Waals surface area contributed by atoms with Crippen molar-refractivity contribution >= 4 is 45.0 Å². The molecule has 2 aromatic rings. The minimum atomic E-state index is -0.294. The van der Waals surface area contributed by atoms with E-state index in [4.69, 9.17) is 11.6 Å². The van der Waals surface area contributed by atoms with Gasteiger partial charge >= 0.3 is 0 Å². The van der Waals surface area contributed by atoms with E-state index in [0.29, 0.717) is 10.7 Å². The van der Waals surface area contributed by atoms with Crippen LogP contribution in [0, 0.1) is 6.92 Å². The molecule has 0 aliphatic rings. The maximum atomic E-state index is 11.9. The van der Waals surface area contributed by atoms with Crippen LogP contribution in [0.2, 0.25) is 5.02 Å². The highest BCUT2D eigenvalue weighted by Gasteiger charge is 2.09. The third-order valence-electron chi connectivity index (χ3n) is 3.24. The minimum Gasteiger partial charge on any atom is -0.347 e. The van der Waals surface area contributed by atoms with Gasteiger partial charge in [0.1, 0.15) is 0 Å². The van der Waals surface area contributed by atoms with Crippen molar-refractivity contribution in [2.24, 2.45) is 0 Å². The van der Waals surface area contributed by atoms with Crippen molar-refractivity contribution < 1.29 is 9.59 Å². The van der Waals surface area contributed by atoms with Crippen LogP contribution in [0.3, 0.4) is 0 Å². The van der Waals surface area contributed by atoms with Crippen LogP contribution in [0.15, 0.2) is 46.9 Å². The number of halogens is 2. The fraction of sp³-hybridized carbons (Fsp3) is 0.176. The van der Waals surface area contributed by atoms with Crippen LogP contribution in [0.25, 0.3) is 0 Å². The first-order valence-corrected chi connectivity index (χ1v) is 8.19. The molecule has 0 aliphatic heterocycles. The highest BCUT2D eigenvalue weighted by molar-refractivity contribution is 9.10. The average molecular weight is 396 g/mol. The van der Waals surface area contributed by atoms with Gasteiger partial charge in [0.2, 0.25) is 11.8 Å². The fourth-order valence-corrected chi connectivity index (χ4v) is 2.63. The molecule has 23 heavy (non-hydrogen) atoms. The SMILES string of the molecule is Cc1c(Cl)cccc1NC(=O)CNC(=O)Cc1cccc(Br)c1. The topological polar surface area (TPSA) is 58.2 Å². The van der Waals surface area contributed by atoms with Gasteiger partial charge in [-0.3, -0.25) is 9.59 Å². The summed E-state index contributed by atoms with van der Waals surface area (Å²) in [6, 6.07) is 12.8. The summed E-state index contributed by atoms with van der Waals surface area (Å²) >= 11 is 9.36. The lowest BCUT2D eigenvalue weighted by Crippen LogP contribution is -2.33. The lowest BCUT2D eigenvalue weighted by Gasteiger charge is -2.10. The van der Waals surface area contributed by atoms with Gasteiger partial charge in [-0.1, -0.05) is 45.7 Å². The Hall–Kier alpha value is -1.85. The number of amides is 2. The molecular formula is C17H16BrClN2O2. The van der Waals surface area contributed by atoms with Gasteiger partial charge in [0.15, 0.2) is 0 Å². The molecule has 120 valence electrons. The van der Waals surface area contributed by atoms with Gasteiger partial charge in [-0.25, -0.2) is 0 Å². The first kappa shape index (κ1) is 17.5. The van der Waals surface area contributed by atoms with Crippen LogP contribution >= 0.6 is 27.5 Å². The molecule has 2 rings (SSSR count). The first-order valence-electron chi connectivity index (χ1n) is 7.02. The van der Waals surface area contributed by atoms with E-state index in [1.807, 2.05) is 31.2 Å². The Morgan fingerprint density at radius 2 is 1.87 bits per heavy atom. The highest BCUT2D eigenvalue weighted by atomic mass is 79.9. The van der Waals surface area contributed by atoms with Crippen LogP contribution in [0.4, 0.5) is 5.69 Å². The van der Waals surface area contributed by atoms with E-state index < -0.39 is 0 Å². The molecule has 0 saturated heterocycles. The van der Waals surface area contributed by atoms with Crippen molar-refractivity contribution in [2.45, 2.75) is 13.3 Å². The van der Waals surface area contributed by atoms with E-state index in [1.54, 1.807) is 18.2 Å². The molecule has 0 heterocycles. The molecule has 0 fully saturated rings. The molecule has 0 spiro atoms. The van der Waals surface area contributed by atoms with Crippen molar-refractivity contribution in [3.63, 3.8) is 0 Å². The summed E-state index contributed by atoms with van der Waals surface area (Å²) in [5.74, 6) is -0.501. The number of carbonyl (C=O) groups excluding carboxylic acids is 2. The van der Waals surface area contributed by atoms with Gasteiger partial charge in [0.05, 0.1) is 13.0 Å². The Morgan fingerprint density at radius 1 is 1.13 bits per heavy atom. The standard InChI is InChI=1S/C17H16BrClN2O2/c1-11-14(19)6-3-7-15(11)21-17(23)10-20-16(22)9-12-4-2-5-13(18)8-12/h2-8H,9-10H2,1H3,(H,20,22)(H,21,23). The van der Waals surface area contributed by atoms with Crippen molar-refractivity contribution in [1.82, 2.24) is 5.32 Å². The first-order chi connectivity index (χ1) is 11.0. The number of benzene rings is 2. The molecule has 6 heteroatoms. The minimum absolute atomic E-state index is 0.0845. The van der Waals surface area contributed by atoms with E-state index in [9.17, 15) is 9.59 Å². The Balaban J connectivity index is 1.84. The summed E-state index contributed by atoms with van der Waals surface area (Å²) in [7, 11) is 0. The third kappa shape index (κ3) is 5.37. The molecule has 2 amide bonds. The fourth-order valence-electron chi connectivity index (χ4n) is 2.01. The predicted octanol–water partition coefficient (Wildman–Crippen LogP) is 3.71. The second-order valence-electron chi connectivity index (χ2n) is 5.04. The van der Waals surface area contributed by atoms with Crippen LogP contribution in [-0.4, -0.2) is 18.4 Å². The second-order valence-corrected chi connectivity index (χ2v) is 6.37. The molecule has 0 saturated carbocycles. The van der Waals surface area contributed by atoms with E-state index in [2.05, 4.69) is 26.6 Å². The lowest BCUT2D eigenvalue weighted by atomic mass is 10.1. The number of carbonyl (C=O) groups is 2. The van der Waals surface area contributed by atoms with Gasteiger partial charge < -0.3 is 10.6 Å². The van der Waals surface area contributed by atoms with Crippen LogP contribution in [-0.2, 0) is 16.0 Å². The third-order valence-corrected chi connectivity index (χ3v) is 4.14. The number of rotatable bonds is 5. The molecule has 0 radical (unpaired) electrons. The summed E-state index contributed by atoms with van der Waals surface area (Å²) in [6.45, 7) is 1.74. The summed E-state index contributed by atoms with van der Waals surface area (Å²) in [4.78, 5) is 23.8. The lowest BCUT2D eigenvalue weighted by molar-refractivity contribution is -0.123. The normalized spacial score (nSPS) is 10.2. The Bertz CT molecular complexity index is 734. The summed E-state index contributed by atoms with van der Waals surface area (Å²) in [5, 5.41) is 5.92. The molecule has 4 nitrogen and oxygen atoms in total. The zero-order chi connectivity index (χ0) is 16.8. The summed E-state index contributed by atoms with van der Waals surface area (Å²) < 4.78 is 0.914. The van der Waals surface area contributed by atoms with Crippen LogP contribution in [0.1, 0.15) is 11.1 Å². The van der Waals surface area contributed by atoms with Crippen LogP contribution < -0.4 is 10.6 Å². The Kier molecular flexibility index (Phi) is 6.19. The monoisotopic (exact) mass is 394 g/mol. The highest BCUT2D eigenvalue weighted by Crippen LogP contribution is 2.22. The van der Waals surface area contributed by atoms with Gasteiger partial charge in [0.25, 0.3) is 0 Å². The van der Waals surface area contributed by atoms with Crippen LogP contribution in [0.5, 0.6) is 0 Å². The second kappa shape index (κ2) is 8.13. The summed E-state index contributed by atoms with van der Waals surface area (Å²) in [5.41, 5.74) is 2.31. The molecule has 2 aromatic carbocycles. The number of hydrogen-bond acceptors (Lipinski definition) is 2. The molecule has 0 atom stereocenters. The smallest absolute Gasteiger partial charge is 0.243 e. The van der Waals surface area contributed by atoms with Crippen molar-refractivity contribution in [3.8, 4) is 0 Å². The van der Waals surface area contributed by atoms with E-state index in [0.717, 1.165) is 15.6 Å². The Morgan fingerprint density at radius 3 is 2.61 bits per heavy atom. The zero-order valence-corrected chi connectivity index (χ0v) is 14.9. The van der Waals surface area contributed by atoms with E-state index >= 15 is 0 Å². The van der Waals surface area contributed by atoms with Crippen molar-refractivity contribution in [3.05, 3.63) is 63.1 Å². The number of nitrogens with one attached hydrogen (secondary N) is 2. The van der Waals surface area contributed by atoms with E-state index in [-0.39, 0.29) is 24.8 Å². The quantitative estimate of drug-likeness (QED) is 0.811. The van der Waals surface area contributed by atoms with E-state index in [1.165, 1.54) is 0 Å².